The van der Waals surface area contributed by atoms with Crippen LogP contribution >= 0.6 is 0 Å². The Morgan fingerprint density at radius 2 is 1.08 bits per heavy atom. The Morgan fingerprint density at radius 1 is 0.596 bits per heavy atom. The van der Waals surface area contributed by atoms with Gasteiger partial charge in [-0.1, -0.05) is 131 Å². The van der Waals surface area contributed by atoms with Crippen LogP contribution in [0.5, 0.6) is 0 Å². The van der Waals surface area contributed by atoms with Gasteiger partial charge in [0.1, 0.15) is 24.0 Å². The molecule has 12 aliphatic rings. The minimum atomic E-state index is -1.08. The smallest absolute Gasteiger partial charge is 0.321 e. The van der Waals surface area contributed by atoms with Gasteiger partial charge in [-0.3, -0.25) is 14.4 Å². The zero-order valence-corrected chi connectivity index (χ0v) is 64.3. The summed E-state index contributed by atoms with van der Waals surface area (Å²) < 4.78 is 11.1. The van der Waals surface area contributed by atoms with Gasteiger partial charge in [0.15, 0.2) is 0 Å². The van der Waals surface area contributed by atoms with Crippen molar-refractivity contribution in [3.63, 3.8) is 0 Å². The Morgan fingerprint density at radius 3 is 1.60 bits per heavy atom. The van der Waals surface area contributed by atoms with Crippen molar-refractivity contribution < 1.29 is 39.2 Å². The number of nitrogens with zero attached hydrogens (tertiary/aromatic N) is 6. The van der Waals surface area contributed by atoms with Crippen molar-refractivity contribution in [1.29, 1.82) is 0 Å². The molecule has 16 heteroatoms. The molecule has 7 atom stereocenters. The highest BCUT2D eigenvalue weighted by molar-refractivity contribution is 6.25. The lowest BCUT2D eigenvalue weighted by Crippen LogP contribution is -2.25. The maximum absolute atomic E-state index is 13.6. The molecule has 10 aliphatic heterocycles. The summed E-state index contributed by atoms with van der Waals surface area (Å²) in [6, 6.07) is 0. The standard InChI is InChI=1S/C55H74N4O5.C33H34N4O3/c1-13-39-35(8)42-28-44-37(10)41(24-25-48(60)64-27-26-34(7)23-17-22-33(6)21-16-20-32(5)19-15-18-31(3)4)52(58-44)50-51(55(62)63-12)54(61)49-38(11)45(59-53(49)50)30-47-40(14-2)36(9)43(57-47)29-46(39)56-42;1-7-19-15(3)23-12-25-17(5)21(9-10-30(39)40)32(36-25)22-11-29(38)31-18(6)26(37-33(22)31)14-28-20(8-2)16(4)24(35-28)13-27(19)34-23/h13,26,28-33,37,41,51,58,61H,1,14-25,27H2,2-12H3;7,12-14,17,21,36,38H,1,8-11H2,2-6H3,(H,39,40)/b34-26+,44-28?,46-29?,47-30?,52-50?;/t32-,33-,37+,41+,51-;17-,21-/m10/s1. The van der Waals surface area contributed by atoms with Crippen molar-refractivity contribution in [1.82, 2.24) is 10.6 Å². The first-order valence-electron chi connectivity index (χ1n) is 38.0. The number of carbonyl (C=O) groups excluding carboxylic acids is 2. The van der Waals surface area contributed by atoms with Crippen LogP contribution in [-0.4, -0.2) is 81.2 Å². The van der Waals surface area contributed by atoms with Crippen LogP contribution in [0.15, 0.2) is 250 Å². The number of rotatable bonds is 25. The monoisotopic (exact) mass is 1400 g/mol. The zero-order valence-electron chi connectivity index (χ0n) is 64.3. The van der Waals surface area contributed by atoms with Crippen LogP contribution in [0.2, 0.25) is 0 Å². The largest absolute Gasteiger partial charge is 0.511 e. The predicted molar refractivity (Wildman–Crippen MR) is 421 cm³/mol. The number of carboxylic acid groups (broad SMARTS) is 1. The molecule has 0 spiro atoms. The van der Waals surface area contributed by atoms with Gasteiger partial charge in [0.2, 0.25) is 0 Å². The minimum absolute atomic E-state index is 0.0368. The number of fused-ring (bicyclic) bond motifs is 10. The van der Waals surface area contributed by atoms with Crippen molar-refractivity contribution in [2.45, 2.75) is 207 Å². The molecular formula is C88H108N8O8. The summed E-state index contributed by atoms with van der Waals surface area (Å²) in [6.07, 6.45) is 32.4. The second kappa shape index (κ2) is 32.0. The zero-order chi connectivity index (χ0) is 74.9. The van der Waals surface area contributed by atoms with Gasteiger partial charge in [-0.2, -0.15) is 0 Å². The van der Waals surface area contributed by atoms with Crippen molar-refractivity contribution in [2.24, 2.45) is 77.3 Å². The molecule has 2 fully saturated rings. The summed E-state index contributed by atoms with van der Waals surface area (Å²) >= 11 is 0. The van der Waals surface area contributed by atoms with Gasteiger partial charge in [0.05, 0.1) is 75.6 Å². The highest BCUT2D eigenvalue weighted by atomic mass is 16.5. The molecule has 0 aromatic rings. The van der Waals surface area contributed by atoms with E-state index in [-0.39, 0.29) is 54.8 Å². The second-order valence-electron chi connectivity index (χ2n) is 30.7. The Bertz CT molecular complexity index is 4510. The molecule has 12 rings (SSSR count). The van der Waals surface area contributed by atoms with Gasteiger partial charge < -0.3 is 35.4 Å². The average Bonchev–Trinajstić information content (AvgIpc) is 1.57. The number of aliphatic hydroxyl groups excluding tert-OH is 2. The number of allylic oxidation sites excluding steroid dienone is 24. The van der Waals surface area contributed by atoms with E-state index in [4.69, 9.17) is 39.4 Å². The van der Waals surface area contributed by atoms with Gasteiger partial charge in [0.25, 0.3) is 0 Å². The molecule has 0 aromatic carbocycles. The summed E-state index contributed by atoms with van der Waals surface area (Å²) in [6.45, 7) is 40.7. The normalized spacial score (nSPS) is 23.7. The highest BCUT2D eigenvalue weighted by Crippen LogP contribution is 2.51. The van der Waals surface area contributed by atoms with Crippen LogP contribution in [0, 0.1) is 47.3 Å². The van der Waals surface area contributed by atoms with Crippen molar-refractivity contribution in [2.75, 3.05) is 13.7 Å². The lowest BCUT2D eigenvalue weighted by atomic mass is 9.84. The molecule has 16 nitrogen and oxygen atoms in total. The summed E-state index contributed by atoms with van der Waals surface area (Å²) in [5.74, 6) is -0.548. The first kappa shape index (κ1) is 75.8. The molecule has 5 N–H and O–H groups in total. The average molecular weight is 1410 g/mol. The number of hydrogen-bond acceptors (Lipinski definition) is 15. The van der Waals surface area contributed by atoms with Crippen LogP contribution in [0.4, 0.5) is 0 Å². The third-order valence-corrected chi connectivity index (χ3v) is 23.3. The molecular weight excluding hydrogens is 1300 g/mol. The molecule has 2 aliphatic carbocycles. The predicted octanol–water partition coefficient (Wildman–Crippen LogP) is 19.7. The molecule has 0 aromatic heterocycles. The molecule has 548 valence electrons. The topological polar surface area (TPSA) is 229 Å². The van der Waals surface area contributed by atoms with Crippen LogP contribution < -0.4 is 10.6 Å². The lowest BCUT2D eigenvalue weighted by molar-refractivity contribution is -0.144. The Kier molecular flexibility index (Phi) is 23.3. The van der Waals surface area contributed by atoms with Crippen LogP contribution in [0.25, 0.3) is 0 Å². The number of carboxylic acids is 1. The number of ether oxygens (including phenoxy) is 2. The van der Waals surface area contributed by atoms with Gasteiger partial charge in [0, 0.05) is 99.2 Å². The fourth-order valence-corrected chi connectivity index (χ4v) is 16.9. The van der Waals surface area contributed by atoms with Crippen molar-refractivity contribution in [3.8, 4) is 0 Å². The van der Waals surface area contributed by atoms with E-state index in [2.05, 4.69) is 119 Å². The summed E-state index contributed by atoms with van der Waals surface area (Å²) in [7, 11) is 1.33. The third kappa shape index (κ3) is 15.2. The molecule has 10 heterocycles. The fourth-order valence-electron chi connectivity index (χ4n) is 16.9. The maximum atomic E-state index is 13.6. The van der Waals surface area contributed by atoms with E-state index in [1.807, 2.05) is 63.3 Å². The molecule has 0 amide bonds. The fraction of sp³-hybridized carbons (Fsp3) is 0.466. The van der Waals surface area contributed by atoms with Crippen LogP contribution in [0.1, 0.15) is 207 Å². The minimum Gasteiger partial charge on any atom is -0.511 e. The lowest BCUT2D eigenvalue weighted by Gasteiger charge is -2.20. The molecule has 0 saturated carbocycles. The molecule has 16 bridgehead atoms. The van der Waals surface area contributed by atoms with Gasteiger partial charge >= 0.3 is 17.9 Å². The number of aliphatic imine (C=N–C) groups is 6. The van der Waals surface area contributed by atoms with Crippen LogP contribution in [0.3, 0.4) is 0 Å². The van der Waals surface area contributed by atoms with E-state index in [9.17, 15) is 29.7 Å². The van der Waals surface area contributed by atoms with Crippen molar-refractivity contribution in [3.05, 3.63) is 220 Å². The Balaban J connectivity index is 0.000000231. The van der Waals surface area contributed by atoms with Crippen molar-refractivity contribution >= 4 is 52.2 Å². The summed E-state index contributed by atoms with van der Waals surface area (Å²) in [5.41, 5.74) is 27.2. The quantitative estimate of drug-likeness (QED) is 0.0429. The SMILES string of the molecule is C=CC1=C(C)C2=NC1=CC1=NC(=CC3=C(C)C4=C(O)CC(=C5NC(=C2)[C@@H](C)[C@@H]5CCC(=O)O)C4=N3)C(CC)=C1C.C=CC1=C(C)C2=NC1=CC1=NC(=CC3=C(C)C4=C(O)[C@H](C(=O)OC)C(=C5NC(=C2)[C@@H](C)[C@@H]5CCC(=O)OC/C=C(\C)CCC[C@H](C)CCC[C@H](C)CCCC(C)C)C4=N3)C(CC)=C1C. The summed E-state index contributed by atoms with van der Waals surface area (Å²) in [5, 5.41) is 39.9. The summed E-state index contributed by atoms with van der Waals surface area (Å²) in [4.78, 5) is 69.1. The van der Waals surface area contributed by atoms with Gasteiger partial charge in [-0.15, -0.1) is 0 Å². The number of carbonyl (C=O) groups is 3. The number of esters is 2. The Labute approximate surface area is 616 Å². The maximum Gasteiger partial charge on any atom is 0.321 e. The van der Waals surface area contributed by atoms with Gasteiger partial charge in [-0.25, -0.2) is 30.0 Å². The van der Waals surface area contributed by atoms with E-state index >= 15 is 0 Å². The van der Waals surface area contributed by atoms with E-state index in [0.717, 1.165) is 185 Å². The van der Waals surface area contributed by atoms with Gasteiger partial charge in [-0.05, 0) is 192 Å². The number of aliphatic hydroxyl groups is 2. The highest BCUT2D eigenvalue weighted by Gasteiger charge is 2.50. The first-order chi connectivity index (χ1) is 49.7. The Hall–Kier alpha value is -9.31. The van der Waals surface area contributed by atoms with Crippen LogP contribution in [-0.2, 0) is 23.9 Å². The number of methoxy groups -OCH3 is 1. The first-order valence-corrected chi connectivity index (χ1v) is 38.0. The number of nitrogens with one attached hydrogen (secondary N) is 2. The number of aliphatic carboxylic acids is 1. The molecule has 104 heavy (non-hydrogen) atoms. The van der Waals surface area contributed by atoms with E-state index < -0.39 is 17.9 Å². The second-order valence-corrected chi connectivity index (χ2v) is 30.7. The van der Waals surface area contributed by atoms with E-state index in [1.54, 1.807) is 0 Å². The molecule has 0 unspecified atom stereocenters. The van der Waals surface area contributed by atoms with E-state index in [1.165, 1.54) is 63.2 Å². The number of hydrogen-bond donors (Lipinski definition) is 5. The molecule has 0 radical (unpaired) electrons. The molecule has 2 saturated heterocycles. The van der Waals surface area contributed by atoms with E-state index in [0.29, 0.717) is 47.6 Å². The third-order valence-electron chi connectivity index (χ3n) is 23.3.